The summed E-state index contributed by atoms with van der Waals surface area (Å²) in [5.41, 5.74) is 1.63. The normalized spacial score (nSPS) is 16.9. The Hall–Kier alpha value is -2.93. The number of anilines is 2. The van der Waals surface area contributed by atoms with Gasteiger partial charge < -0.3 is 15.0 Å². The van der Waals surface area contributed by atoms with Crippen LogP contribution in [0.2, 0.25) is 0 Å². The maximum atomic E-state index is 12.6. The minimum Gasteiger partial charge on any atom is -0.497 e. The first-order valence-corrected chi connectivity index (χ1v) is 9.06. The molecule has 1 N–H and O–H groups in total. The number of nitrogens with zero attached hydrogens (tertiary/aromatic N) is 2. The Morgan fingerprint density at radius 1 is 1.23 bits per heavy atom. The Morgan fingerprint density at radius 2 is 2.00 bits per heavy atom. The van der Waals surface area contributed by atoms with Gasteiger partial charge in [-0.2, -0.15) is 0 Å². The Kier molecular flexibility index (Phi) is 4.30. The number of carbonyl (C=O) groups is 2. The van der Waals surface area contributed by atoms with Crippen molar-refractivity contribution in [1.29, 1.82) is 0 Å². The Morgan fingerprint density at radius 3 is 2.73 bits per heavy atom. The highest BCUT2D eigenvalue weighted by Crippen LogP contribution is 2.29. The lowest BCUT2D eigenvalue weighted by Gasteiger charge is -2.16. The second kappa shape index (κ2) is 6.76. The highest BCUT2D eigenvalue weighted by atomic mass is 32.1. The van der Waals surface area contributed by atoms with Crippen LogP contribution in [0, 0.1) is 5.92 Å². The van der Waals surface area contributed by atoms with Crippen molar-refractivity contribution in [2.45, 2.75) is 6.42 Å². The zero-order valence-electron chi connectivity index (χ0n) is 14.1. The standard InChI is InChI=1S/C19H17N3O3S/c1-25-14-8-6-13(7-9-14)22-11-12(10-17(22)23)18(24)21-19-20-15-4-2-3-5-16(15)26-19/h2-9,12H,10-11H2,1H3,(H,20,21,24)/t12-/m1/s1. The van der Waals surface area contributed by atoms with Gasteiger partial charge in [0.1, 0.15) is 5.75 Å². The molecule has 0 radical (unpaired) electrons. The van der Waals surface area contributed by atoms with Crippen LogP contribution in [-0.2, 0) is 9.59 Å². The summed E-state index contributed by atoms with van der Waals surface area (Å²) in [5.74, 6) is 0.107. The van der Waals surface area contributed by atoms with E-state index in [1.807, 2.05) is 36.4 Å². The van der Waals surface area contributed by atoms with Crippen molar-refractivity contribution in [3.8, 4) is 5.75 Å². The molecule has 0 aliphatic carbocycles. The van der Waals surface area contributed by atoms with E-state index in [0.29, 0.717) is 11.7 Å². The number of carbonyl (C=O) groups excluding carboxylic acids is 2. The van der Waals surface area contributed by atoms with Crippen LogP contribution in [0.5, 0.6) is 5.75 Å². The largest absolute Gasteiger partial charge is 0.497 e. The van der Waals surface area contributed by atoms with Crippen molar-refractivity contribution in [2.24, 2.45) is 5.92 Å². The van der Waals surface area contributed by atoms with Gasteiger partial charge in [0.15, 0.2) is 5.13 Å². The molecule has 0 unspecified atom stereocenters. The molecule has 1 aliphatic heterocycles. The third-order valence-corrected chi connectivity index (χ3v) is 5.36. The number of rotatable bonds is 4. The van der Waals surface area contributed by atoms with E-state index in [1.54, 1.807) is 24.1 Å². The molecule has 1 atom stereocenters. The number of nitrogens with one attached hydrogen (secondary N) is 1. The fourth-order valence-corrected chi connectivity index (χ4v) is 3.90. The summed E-state index contributed by atoms with van der Waals surface area (Å²) in [6, 6.07) is 15.0. The molecule has 26 heavy (non-hydrogen) atoms. The number of para-hydroxylation sites is 1. The van der Waals surface area contributed by atoms with Crippen molar-refractivity contribution >= 4 is 44.2 Å². The molecule has 7 heteroatoms. The zero-order valence-corrected chi connectivity index (χ0v) is 15.0. The van der Waals surface area contributed by atoms with Crippen molar-refractivity contribution < 1.29 is 14.3 Å². The number of ether oxygens (including phenoxy) is 1. The predicted molar refractivity (Wildman–Crippen MR) is 102 cm³/mol. The van der Waals surface area contributed by atoms with Crippen LogP contribution in [0.4, 0.5) is 10.8 Å². The van der Waals surface area contributed by atoms with Gasteiger partial charge in [-0.1, -0.05) is 23.5 Å². The van der Waals surface area contributed by atoms with Gasteiger partial charge >= 0.3 is 0 Å². The molecule has 4 rings (SSSR count). The fourth-order valence-electron chi connectivity index (χ4n) is 3.03. The van der Waals surface area contributed by atoms with E-state index in [2.05, 4.69) is 10.3 Å². The van der Waals surface area contributed by atoms with Crippen LogP contribution in [0.15, 0.2) is 48.5 Å². The lowest BCUT2D eigenvalue weighted by Crippen LogP contribution is -2.28. The molecular formula is C19H17N3O3S. The molecule has 0 bridgehead atoms. The van der Waals surface area contributed by atoms with E-state index in [1.165, 1.54) is 11.3 Å². The molecule has 0 saturated carbocycles. The number of aromatic nitrogens is 1. The van der Waals surface area contributed by atoms with Gasteiger partial charge in [0.05, 0.1) is 23.2 Å². The molecule has 1 aliphatic rings. The monoisotopic (exact) mass is 367 g/mol. The SMILES string of the molecule is COc1ccc(N2C[C@H](C(=O)Nc3nc4ccccc4s3)CC2=O)cc1. The lowest BCUT2D eigenvalue weighted by atomic mass is 10.1. The van der Waals surface area contributed by atoms with E-state index in [4.69, 9.17) is 4.74 Å². The van der Waals surface area contributed by atoms with Crippen LogP contribution in [0.25, 0.3) is 10.2 Å². The van der Waals surface area contributed by atoms with Crippen LogP contribution < -0.4 is 15.0 Å². The van der Waals surface area contributed by atoms with Crippen molar-refractivity contribution in [3.05, 3.63) is 48.5 Å². The second-order valence-electron chi connectivity index (χ2n) is 6.08. The molecule has 2 heterocycles. The van der Waals surface area contributed by atoms with Gasteiger partial charge in [0.25, 0.3) is 0 Å². The van der Waals surface area contributed by atoms with Crippen LogP contribution >= 0.6 is 11.3 Å². The highest BCUT2D eigenvalue weighted by molar-refractivity contribution is 7.22. The quantitative estimate of drug-likeness (QED) is 0.768. The molecule has 1 fully saturated rings. The highest BCUT2D eigenvalue weighted by Gasteiger charge is 2.35. The van der Waals surface area contributed by atoms with Gasteiger partial charge in [0.2, 0.25) is 11.8 Å². The third kappa shape index (κ3) is 3.13. The maximum absolute atomic E-state index is 12.6. The lowest BCUT2D eigenvalue weighted by molar-refractivity contribution is -0.122. The van der Waals surface area contributed by atoms with E-state index >= 15 is 0 Å². The van der Waals surface area contributed by atoms with Gasteiger partial charge in [-0.15, -0.1) is 0 Å². The van der Waals surface area contributed by atoms with Crippen molar-refractivity contribution in [1.82, 2.24) is 4.98 Å². The van der Waals surface area contributed by atoms with Crippen LogP contribution in [-0.4, -0.2) is 30.5 Å². The first kappa shape index (κ1) is 16.5. The number of thiazole rings is 1. The average molecular weight is 367 g/mol. The Balaban J connectivity index is 1.46. The van der Waals surface area contributed by atoms with Gasteiger partial charge in [-0.05, 0) is 36.4 Å². The smallest absolute Gasteiger partial charge is 0.231 e. The zero-order chi connectivity index (χ0) is 18.1. The van der Waals surface area contributed by atoms with Crippen LogP contribution in [0.3, 0.4) is 0 Å². The van der Waals surface area contributed by atoms with E-state index in [9.17, 15) is 9.59 Å². The van der Waals surface area contributed by atoms with Gasteiger partial charge in [0, 0.05) is 18.7 Å². The number of hydrogen-bond acceptors (Lipinski definition) is 5. The first-order chi connectivity index (χ1) is 12.6. The first-order valence-electron chi connectivity index (χ1n) is 8.25. The van der Waals surface area contributed by atoms with E-state index < -0.39 is 5.92 Å². The minimum atomic E-state index is -0.392. The molecular weight excluding hydrogens is 350 g/mol. The summed E-state index contributed by atoms with van der Waals surface area (Å²) in [5, 5.41) is 3.42. The fraction of sp³-hybridized carbons (Fsp3) is 0.211. The number of benzene rings is 2. The second-order valence-corrected chi connectivity index (χ2v) is 7.11. The average Bonchev–Trinajstić information content (AvgIpc) is 3.24. The van der Waals surface area contributed by atoms with E-state index in [-0.39, 0.29) is 18.2 Å². The maximum Gasteiger partial charge on any atom is 0.231 e. The predicted octanol–water partition coefficient (Wildman–Crippen LogP) is 3.30. The van der Waals surface area contributed by atoms with Crippen molar-refractivity contribution in [3.63, 3.8) is 0 Å². The molecule has 2 amide bonds. The van der Waals surface area contributed by atoms with Gasteiger partial charge in [-0.25, -0.2) is 4.98 Å². The third-order valence-electron chi connectivity index (χ3n) is 4.40. The Labute approximate surface area is 154 Å². The summed E-state index contributed by atoms with van der Waals surface area (Å²) in [4.78, 5) is 31.0. The number of hydrogen-bond donors (Lipinski definition) is 1. The molecule has 1 saturated heterocycles. The molecule has 132 valence electrons. The Bertz CT molecular complexity index is 935. The molecule has 0 spiro atoms. The summed E-state index contributed by atoms with van der Waals surface area (Å²) in [7, 11) is 1.60. The molecule has 2 aromatic carbocycles. The van der Waals surface area contributed by atoms with Crippen molar-refractivity contribution in [2.75, 3.05) is 23.9 Å². The summed E-state index contributed by atoms with van der Waals surface area (Å²) < 4.78 is 6.15. The van der Waals surface area contributed by atoms with E-state index in [0.717, 1.165) is 21.7 Å². The summed E-state index contributed by atoms with van der Waals surface area (Å²) in [6.07, 6.45) is 0.197. The minimum absolute atomic E-state index is 0.0559. The summed E-state index contributed by atoms with van der Waals surface area (Å²) in [6.45, 7) is 0.363. The molecule has 6 nitrogen and oxygen atoms in total. The molecule has 3 aromatic rings. The number of fused-ring (bicyclic) bond motifs is 1. The molecule has 1 aromatic heterocycles. The number of methoxy groups -OCH3 is 1. The van der Waals surface area contributed by atoms with Gasteiger partial charge in [-0.3, -0.25) is 9.59 Å². The topological polar surface area (TPSA) is 71.5 Å². The summed E-state index contributed by atoms with van der Waals surface area (Å²) >= 11 is 1.43. The van der Waals surface area contributed by atoms with Crippen LogP contribution in [0.1, 0.15) is 6.42 Å². The number of amides is 2.